The molecule has 1 aromatic heterocycles. The van der Waals surface area contributed by atoms with Gasteiger partial charge >= 0.3 is 0 Å². The smallest absolute Gasteiger partial charge is 0.222 e. The van der Waals surface area contributed by atoms with E-state index in [1.165, 1.54) is 11.3 Å². The fourth-order valence-electron chi connectivity index (χ4n) is 2.76. The Kier molecular flexibility index (Phi) is 5.74. The quantitative estimate of drug-likeness (QED) is 0.711. The maximum Gasteiger partial charge on any atom is 0.222 e. The molecule has 0 bridgehead atoms. The largest absolute Gasteiger partial charge is 0.339 e. The molecule has 1 amide bonds. The number of ketones is 1. The summed E-state index contributed by atoms with van der Waals surface area (Å²) in [7, 11) is -2.99. The van der Waals surface area contributed by atoms with Gasteiger partial charge in [-0.15, -0.1) is 11.3 Å². The summed E-state index contributed by atoms with van der Waals surface area (Å²) in [5.41, 5.74) is 0. The van der Waals surface area contributed by atoms with Gasteiger partial charge < -0.3 is 4.90 Å². The number of Topliss-reactive ketones (excluding diaryl/α,β-unsaturated/α-hetero) is 1. The number of thiophene rings is 1. The van der Waals surface area contributed by atoms with E-state index in [0.717, 1.165) is 4.88 Å². The second kappa shape index (κ2) is 7.37. The van der Waals surface area contributed by atoms with E-state index in [-0.39, 0.29) is 29.2 Å². The van der Waals surface area contributed by atoms with Crippen LogP contribution < -0.4 is 0 Å². The molecule has 1 atom stereocenters. The average Bonchev–Trinajstić information content (AvgIpc) is 3.09. The third-order valence-corrected chi connectivity index (χ3v) is 6.56. The second-order valence-electron chi connectivity index (χ2n) is 5.49. The minimum Gasteiger partial charge on any atom is -0.339 e. The molecule has 1 aliphatic heterocycles. The lowest BCUT2D eigenvalue weighted by Gasteiger charge is -2.26. The molecule has 0 radical (unpaired) electrons. The Morgan fingerprint density at radius 2 is 2.14 bits per heavy atom. The van der Waals surface area contributed by atoms with Crippen molar-refractivity contribution in [1.82, 2.24) is 4.90 Å². The molecule has 122 valence electrons. The Balaban J connectivity index is 1.81. The maximum atomic E-state index is 12.3. The van der Waals surface area contributed by atoms with Gasteiger partial charge in [-0.05, 0) is 31.2 Å². The molecule has 1 aliphatic rings. The summed E-state index contributed by atoms with van der Waals surface area (Å²) in [5.74, 6) is 0.247. The first-order valence-electron chi connectivity index (χ1n) is 7.49. The highest BCUT2D eigenvalue weighted by Crippen LogP contribution is 2.19. The van der Waals surface area contributed by atoms with Crippen LogP contribution >= 0.6 is 11.3 Å². The van der Waals surface area contributed by atoms with Gasteiger partial charge in [-0.1, -0.05) is 6.07 Å². The first-order valence-corrected chi connectivity index (χ1v) is 10.2. The van der Waals surface area contributed by atoms with E-state index < -0.39 is 9.84 Å². The fraction of sp³-hybridized carbons (Fsp3) is 0.600. The van der Waals surface area contributed by atoms with Crippen molar-refractivity contribution in [2.24, 2.45) is 0 Å². The molecule has 7 heteroatoms. The maximum absolute atomic E-state index is 12.3. The normalized spacial score (nSPS) is 20.0. The minimum absolute atomic E-state index is 0.0522. The molecule has 2 rings (SSSR count). The summed E-state index contributed by atoms with van der Waals surface area (Å²) in [5, 5.41) is 1.86. The number of rotatable bonds is 7. The minimum atomic E-state index is -2.99. The van der Waals surface area contributed by atoms with Crippen LogP contribution in [0.4, 0.5) is 0 Å². The van der Waals surface area contributed by atoms with Crippen molar-refractivity contribution in [2.45, 2.75) is 38.6 Å². The van der Waals surface area contributed by atoms with Crippen molar-refractivity contribution in [3.8, 4) is 0 Å². The van der Waals surface area contributed by atoms with Crippen molar-refractivity contribution in [3.05, 3.63) is 22.4 Å². The van der Waals surface area contributed by atoms with Crippen LogP contribution in [0.2, 0.25) is 0 Å². The molecule has 1 fully saturated rings. The molecular formula is C15H21NO4S2. The van der Waals surface area contributed by atoms with Crippen LogP contribution in [0, 0.1) is 0 Å². The lowest BCUT2D eigenvalue weighted by atomic mass is 10.1. The summed E-state index contributed by atoms with van der Waals surface area (Å²) in [6.07, 6.45) is 1.68. The van der Waals surface area contributed by atoms with Crippen molar-refractivity contribution in [2.75, 3.05) is 18.1 Å². The number of hydrogen-bond donors (Lipinski definition) is 0. The molecule has 1 unspecified atom stereocenters. The fourth-order valence-corrected chi connectivity index (χ4v) is 5.19. The van der Waals surface area contributed by atoms with E-state index in [1.807, 2.05) is 18.4 Å². The zero-order valence-corrected chi connectivity index (χ0v) is 14.3. The van der Waals surface area contributed by atoms with Crippen LogP contribution in [0.25, 0.3) is 0 Å². The third kappa shape index (κ3) is 4.39. The summed E-state index contributed by atoms with van der Waals surface area (Å²) in [6, 6.07) is 3.43. The second-order valence-corrected chi connectivity index (χ2v) is 8.67. The van der Waals surface area contributed by atoms with Gasteiger partial charge in [0, 0.05) is 25.4 Å². The number of hydrogen-bond acceptors (Lipinski definition) is 5. The zero-order chi connectivity index (χ0) is 16.2. The Morgan fingerprint density at radius 3 is 2.68 bits per heavy atom. The van der Waals surface area contributed by atoms with E-state index in [4.69, 9.17) is 0 Å². The summed E-state index contributed by atoms with van der Waals surface area (Å²) < 4.78 is 23.1. The monoisotopic (exact) mass is 343 g/mol. The average molecular weight is 343 g/mol. The van der Waals surface area contributed by atoms with E-state index in [9.17, 15) is 18.0 Å². The van der Waals surface area contributed by atoms with Crippen LogP contribution in [0.5, 0.6) is 0 Å². The number of sulfone groups is 1. The van der Waals surface area contributed by atoms with Gasteiger partial charge in [-0.3, -0.25) is 9.59 Å². The van der Waals surface area contributed by atoms with E-state index in [2.05, 4.69) is 0 Å². The van der Waals surface area contributed by atoms with Crippen molar-refractivity contribution < 1.29 is 18.0 Å². The van der Waals surface area contributed by atoms with Crippen LogP contribution in [0.3, 0.4) is 0 Å². The standard InChI is InChI=1S/C15H21NO4S2/c1-2-16(12-8-10-22(19,20)11-12)15(18)7-3-5-13(17)14-6-4-9-21-14/h4,6,9,12H,2-3,5,7-8,10-11H2,1H3. The van der Waals surface area contributed by atoms with Crippen LogP contribution in [0.1, 0.15) is 42.3 Å². The molecule has 1 aromatic rings. The first-order chi connectivity index (χ1) is 10.4. The third-order valence-electron chi connectivity index (χ3n) is 3.90. The molecule has 0 N–H and O–H groups in total. The number of amides is 1. The lowest BCUT2D eigenvalue weighted by Crippen LogP contribution is -2.40. The topological polar surface area (TPSA) is 71.5 Å². The molecule has 0 spiro atoms. The number of nitrogens with zero attached hydrogens (tertiary/aromatic N) is 1. The van der Waals surface area contributed by atoms with Gasteiger partial charge in [-0.2, -0.15) is 0 Å². The molecule has 5 nitrogen and oxygen atoms in total. The molecule has 1 saturated heterocycles. The Bertz CT molecular complexity index is 622. The van der Waals surface area contributed by atoms with Crippen LogP contribution in [-0.4, -0.2) is 49.1 Å². The predicted octanol–water partition coefficient (Wildman–Crippen LogP) is 2.14. The highest BCUT2D eigenvalue weighted by Gasteiger charge is 2.33. The number of carbonyl (C=O) groups is 2. The SMILES string of the molecule is CCN(C(=O)CCCC(=O)c1cccs1)C1CCS(=O)(=O)C1. The van der Waals surface area contributed by atoms with Crippen molar-refractivity contribution in [1.29, 1.82) is 0 Å². The molecule has 2 heterocycles. The van der Waals surface area contributed by atoms with E-state index >= 15 is 0 Å². The molecule has 0 saturated carbocycles. The molecule has 22 heavy (non-hydrogen) atoms. The van der Waals surface area contributed by atoms with Crippen molar-refractivity contribution in [3.63, 3.8) is 0 Å². The van der Waals surface area contributed by atoms with Gasteiger partial charge in [0.25, 0.3) is 0 Å². The first kappa shape index (κ1) is 17.1. The number of carbonyl (C=O) groups excluding carboxylic acids is 2. The molecular weight excluding hydrogens is 322 g/mol. The van der Waals surface area contributed by atoms with Gasteiger partial charge in [0.1, 0.15) is 0 Å². The van der Waals surface area contributed by atoms with Gasteiger partial charge in [0.15, 0.2) is 15.6 Å². The Morgan fingerprint density at radius 1 is 1.36 bits per heavy atom. The van der Waals surface area contributed by atoms with Gasteiger partial charge in [0.2, 0.25) is 5.91 Å². The van der Waals surface area contributed by atoms with Gasteiger partial charge in [0.05, 0.1) is 16.4 Å². The van der Waals surface area contributed by atoms with Crippen LogP contribution in [0.15, 0.2) is 17.5 Å². The van der Waals surface area contributed by atoms with Crippen LogP contribution in [-0.2, 0) is 14.6 Å². The highest BCUT2D eigenvalue weighted by molar-refractivity contribution is 7.91. The predicted molar refractivity (Wildman–Crippen MR) is 86.9 cm³/mol. The Labute approximate surface area is 135 Å². The highest BCUT2D eigenvalue weighted by atomic mass is 32.2. The van der Waals surface area contributed by atoms with Crippen molar-refractivity contribution >= 4 is 32.9 Å². The summed E-state index contributed by atoms with van der Waals surface area (Å²) in [6.45, 7) is 2.37. The summed E-state index contributed by atoms with van der Waals surface area (Å²) in [4.78, 5) is 26.5. The van der Waals surface area contributed by atoms with Gasteiger partial charge in [-0.25, -0.2) is 8.42 Å². The molecule has 0 aromatic carbocycles. The zero-order valence-electron chi connectivity index (χ0n) is 12.7. The lowest BCUT2D eigenvalue weighted by molar-refractivity contribution is -0.132. The van der Waals surface area contributed by atoms with E-state index in [1.54, 1.807) is 11.0 Å². The molecule has 0 aliphatic carbocycles. The van der Waals surface area contributed by atoms with E-state index in [0.29, 0.717) is 32.2 Å². The Hall–Kier alpha value is -1.21. The summed E-state index contributed by atoms with van der Waals surface area (Å²) >= 11 is 1.41.